The molecule has 1 aliphatic rings. The van der Waals surface area contributed by atoms with E-state index in [0.29, 0.717) is 12.1 Å². The van der Waals surface area contributed by atoms with Crippen molar-refractivity contribution in [2.75, 3.05) is 18.8 Å². The Morgan fingerprint density at radius 1 is 1.24 bits per heavy atom. The molecule has 0 unspecified atom stereocenters. The molecule has 1 aromatic rings. The van der Waals surface area contributed by atoms with Gasteiger partial charge in [0.15, 0.2) is 0 Å². The summed E-state index contributed by atoms with van der Waals surface area (Å²) >= 11 is 0. The van der Waals surface area contributed by atoms with E-state index in [1.54, 1.807) is 6.07 Å². The molecule has 1 heterocycles. The highest BCUT2D eigenvalue weighted by atomic mass is 19.4. The molecule has 2 rings (SSSR count). The fourth-order valence-corrected chi connectivity index (χ4v) is 3.08. The third-order valence-electron chi connectivity index (χ3n) is 4.24. The van der Waals surface area contributed by atoms with Gasteiger partial charge in [0.05, 0.1) is 5.56 Å². The molecule has 21 heavy (non-hydrogen) atoms. The molecule has 0 aliphatic carbocycles. The number of alkyl halides is 3. The number of halogens is 3. The van der Waals surface area contributed by atoms with E-state index in [0.717, 1.165) is 37.9 Å². The van der Waals surface area contributed by atoms with Gasteiger partial charge in [-0.25, -0.2) is 0 Å². The number of nitrogen functional groups attached to an aromatic ring is 1. The number of hydrogen-bond donors (Lipinski definition) is 1. The number of likely N-dealkylation sites (tertiary alicyclic amines) is 1. The SMILES string of the molecule is CCCC1CCN(Cc2ccc(N)cc2C(F)(F)F)CC1. The van der Waals surface area contributed by atoms with Crippen LogP contribution >= 0.6 is 0 Å². The van der Waals surface area contributed by atoms with Crippen molar-refractivity contribution >= 4 is 5.69 Å². The fraction of sp³-hybridized carbons (Fsp3) is 0.625. The Bertz CT molecular complexity index is 463. The van der Waals surface area contributed by atoms with Gasteiger partial charge in [-0.2, -0.15) is 13.2 Å². The summed E-state index contributed by atoms with van der Waals surface area (Å²) in [6.07, 6.45) is 0.240. The lowest BCUT2D eigenvalue weighted by molar-refractivity contribution is -0.138. The molecule has 0 bridgehead atoms. The summed E-state index contributed by atoms with van der Waals surface area (Å²) in [5.41, 5.74) is 5.38. The van der Waals surface area contributed by atoms with Crippen molar-refractivity contribution in [3.05, 3.63) is 29.3 Å². The first-order valence-electron chi connectivity index (χ1n) is 7.58. The van der Waals surface area contributed by atoms with Crippen molar-refractivity contribution in [1.29, 1.82) is 0 Å². The van der Waals surface area contributed by atoms with E-state index >= 15 is 0 Å². The van der Waals surface area contributed by atoms with Crippen LogP contribution in [0.25, 0.3) is 0 Å². The van der Waals surface area contributed by atoms with Crippen molar-refractivity contribution in [2.24, 2.45) is 5.92 Å². The molecule has 1 saturated heterocycles. The van der Waals surface area contributed by atoms with Gasteiger partial charge in [-0.15, -0.1) is 0 Å². The van der Waals surface area contributed by atoms with Crippen molar-refractivity contribution in [3.63, 3.8) is 0 Å². The maximum atomic E-state index is 13.1. The van der Waals surface area contributed by atoms with Gasteiger partial charge in [-0.1, -0.05) is 25.8 Å². The number of nitrogens with zero attached hydrogens (tertiary/aromatic N) is 1. The highest BCUT2D eigenvalue weighted by molar-refractivity contribution is 5.46. The maximum Gasteiger partial charge on any atom is 0.416 e. The summed E-state index contributed by atoms with van der Waals surface area (Å²) in [5, 5.41) is 0. The molecule has 1 fully saturated rings. The largest absolute Gasteiger partial charge is 0.416 e. The number of nitrogens with two attached hydrogens (primary N) is 1. The maximum absolute atomic E-state index is 13.1. The standard InChI is InChI=1S/C16H23F3N2/c1-2-3-12-6-8-21(9-7-12)11-13-4-5-14(20)10-15(13)16(17,18)19/h4-5,10,12H,2-3,6-9,11,20H2,1H3. The lowest BCUT2D eigenvalue weighted by atomic mass is 9.92. The van der Waals surface area contributed by atoms with Crippen LogP contribution < -0.4 is 5.73 Å². The average Bonchev–Trinajstić information content (AvgIpc) is 2.42. The van der Waals surface area contributed by atoms with Crippen LogP contribution in [0.5, 0.6) is 0 Å². The Hall–Kier alpha value is -1.23. The van der Waals surface area contributed by atoms with E-state index < -0.39 is 11.7 Å². The van der Waals surface area contributed by atoms with Gasteiger partial charge in [-0.3, -0.25) is 4.90 Å². The molecule has 5 heteroatoms. The van der Waals surface area contributed by atoms with E-state index in [9.17, 15) is 13.2 Å². The van der Waals surface area contributed by atoms with Crippen LogP contribution in [0.2, 0.25) is 0 Å². The zero-order valence-electron chi connectivity index (χ0n) is 12.4. The van der Waals surface area contributed by atoms with Crippen LogP contribution in [0.4, 0.5) is 18.9 Å². The van der Waals surface area contributed by atoms with Crippen molar-refractivity contribution in [1.82, 2.24) is 4.90 Å². The third-order valence-corrected chi connectivity index (χ3v) is 4.24. The molecule has 0 saturated carbocycles. The number of hydrogen-bond acceptors (Lipinski definition) is 2. The Balaban J connectivity index is 2.04. The normalized spacial score (nSPS) is 18.1. The minimum atomic E-state index is -4.34. The van der Waals surface area contributed by atoms with Crippen molar-refractivity contribution < 1.29 is 13.2 Å². The number of rotatable bonds is 4. The highest BCUT2D eigenvalue weighted by Crippen LogP contribution is 2.34. The molecule has 2 nitrogen and oxygen atoms in total. The van der Waals surface area contributed by atoms with Crippen LogP contribution in [0.3, 0.4) is 0 Å². The fourth-order valence-electron chi connectivity index (χ4n) is 3.08. The predicted molar refractivity (Wildman–Crippen MR) is 78.8 cm³/mol. The second kappa shape index (κ2) is 6.69. The third kappa shape index (κ3) is 4.37. The first-order chi connectivity index (χ1) is 9.90. The summed E-state index contributed by atoms with van der Waals surface area (Å²) in [6.45, 7) is 4.29. The molecule has 1 aliphatic heterocycles. The van der Waals surface area contributed by atoms with Gasteiger partial charge < -0.3 is 5.73 Å². The summed E-state index contributed by atoms with van der Waals surface area (Å²) in [6, 6.07) is 4.10. The van der Waals surface area contributed by atoms with Gasteiger partial charge >= 0.3 is 6.18 Å². The van der Waals surface area contributed by atoms with E-state index in [1.165, 1.54) is 18.9 Å². The van der Waals surface area contributed by atoms with Crippen molar-refractivity contribution in [3.8, 4) is 0 Å². The number of benzene rings is 1. The molecule has 0 atom stereocenters. The van der Waals surface area contributed by atoms with Gasteiger partial charge in [0.25, 0.3) is 0 Å². The van der Waals surface area contributed by atoms with E-state index in [2.05, 4.69) is 11.8 Å². The van der Waals surface area contributed by atoms with E-state index in [-0.39, 0.29) is 5.69 Å². The topological polar surface area (TPSA) is 29.3 Å². The summed E-state index contributed by atoms with van der Waals surface area (Å²) in [7, 11) is 0. The Morgan fingerprint density at radius 2 is 1.90 bits per heavy atom. The van der Waals surface area contributed by atoms with E-state index in [1.807, 2.05) is 0 Å². The molecular weight excluding hydrogens is 277 g/mol. The van der Waals surface area contributed by atoms with Crippen LogP contribution in [0.15, 0.2) is 18.2 Å². The minimum Gasteiger partial charge on any atom is -0.399 e. The summed E-state index contributed by atoms with van der Waals surface area (Å²) < 4.78 is 39.2. The van der Waals surface area contributed by atoms with Gasteiger partial charge in [0.1, 0.15) is 0 Å². The molecule has 118 valence electrons. The van der Waals surface area contributed by atoms with Crippen molar-refractivity contribution in [2.45, 2.75) is 45.3 Å². The molecule has 0 amide bonds. The smallest absolute Gasteiger partial charge is 0.399 e. The van der Waals surface area contributed by atoms with Crippen LogP contribution in [0.1, 0.15) is 43.7 Å². The monoisotopic (exact) mass is 300 g/mol. The zero-order valence-corrected chi connectivity index (χ0v) is 12.4. The molecular formula is C16H23F3N2. The van der Waals surface area contributed by atoms with E-state index in [4.69, 9.17) is 5.73 Å². The lowest BCUT2D eigenvalue weighted by Crippen LogP contribution is -2.33. The molecule has 0 radical (unpaired) electrons. The van der Waals surface area contributed by atoms with Gasteiger partial charge in [0, 0.05) is 12.2 Å². The number of anilines is 1. The molecule has 1 aromatic carbocycles. The van der Waals surface area contributed by atoms with Crippen LogP contribution in [0, 0.1) is 5.92 Å². The second-order valence-electron chi connectivity index (χ2n) is 5.92. The number of piperidine rings is 1. The Kier molecular flexibility index (Phi) is 5.14. The quantitative estimate of drug-likeness (QED) is 0.840. The molecule has 0 aromatic heterocycles. The first kappa shape index (κ1) is 16.1. The summed E-state index contributed by atoms with van der Waals surface area (Å²) in [5.74, 6) is 0.736. The minimum absolute atomic E-state index is 0.160. The lowest BCUT2D eigenvalue weighted by Gasteiger charge is -2.32. The second-order valence-corrected chi connectivity index (χ2v) is 5.92. The average molecular weight is 300 g/mol. The van der Waals surface area contributed by atoms with Crippen LogP contribution in [-0.4, -0.2) is 18.0 Å². The first-order valence-corrected chi connectivity index (χ1v) is 7.58. The predicted octanol–water partition coefficient (Wildman–Crippen LogP) is 4.30. The molecule has 0 spiro atoms. The Labute approximate surface area is 124 Å². The molecule has 2 N–H and O–H groups in total. The van der Waals surface area contributed by atoms with Gasteiger partial charge in [-0.05, 0) is 49.5 Å². The van der Waals surface area contributed by atoms with Crippen LogP contribution in [-0.2, 0) is 12.7 Å². The summed E-state index contributed by atoms with van der Waals surface area (Å²) in [4.78, 5) is 2.12. The zero-order chi connectivity index (χ0) is 15.5. The Morgan fingerprint density at radius 3 is 2.48 bits per heavy atom. The van der Waals surface area contributed by atoms with Gasteiger partial charge in [0.2, 0.25) is 0 Å². The highest BCUT2D eigenvalue weighted by Gasteiger charge is 2.34.